The molecule has 2 rings (SSSR count). The number of hydrogen-bond donors (Lipinski definition) is 1. The highest BCUT2D eigenvalue weighted by molar-refractivity contribution is 7.98. The zero-order valence-electron chi connectivity index (χ0n) is 14.7. The fourth-order valence-corrected chi connectivity index (χ4v) is 4.36. The van der Waals surface area contributed by atoms with E-state index in [0.29, 0.717) is 12.3 Å². The fourth-order valence-electron chi connectivity index (χ4n) is 2.26. The molecule has 7 nitrogen and oxygen atoms in total. The molecule has 0 saturated carbocycles. The molecule has 0 aliphatic heterocycles. The van der Waals surface area contributed by atoms with E-state index in [-0.39, 0.29) is 10.6 Å². The maximum atomic E-state index is 12.5. The van der Waals surface area contributed by atoms with Crippen molar-refractivity contribution in [3.05, 3.63) is 70.3 Å². The third kappa shape index (κ3) is 5.80. The van der Waals surface area contributed by atoms with Crippen LogP contribution in [0.1, 0.15) is 12.5 Å². The number of nitro groups is 1. The number of thioether (sulfide) groups is 1. The second-order valence-corrected chi connectivity index (χ2v) is 9.14. The van der Waals surface area contributed by atoms with Gasteiger partial charge in [-0.15, -0.1) is 0 Å². The topological polar surface area (TPSA) is 106 Å². The molecule has 0 unspecified atom stereocenters. The van der Waals surface area contributed by atoms with E-state index in [1.165, 1.54) is 12.5 Å². The van der Waals surface area contributed by atoms with E-state index in [4.69, 9.17) is 0 Å². The number of amides is 1. The highest BCUT2D eigenvalue weighted by Crippen LogP contribution is 2.20. The summed E-state index contributed by atoms with van der Waals surface area (Å²) in [5.41, 5.74) is 0.976. The Morgan fingerprint density at radius 3 is 2.37 bits per heavy atom. The van der Waals surface area contributed by atoms with Gasteiger partial charge < -0.3 is 5.32 Å². The van der Waals surface area contributed by atoms with Gasteiger partial charge in [0.05, 0.1) is 9.82 Å². The average Bonchev–Trinajstić information content (AvgIpc) is 2.67. The smallest absolute Gasteiger partial charge is 0.269 e. The standard InChI is InChI=1S/C18H20N2O5S2/c1-14(27(24,25)17-9-7-16(8-10-17)20(22)23)18(21)19-11-12-26-13-15-5-3-2-4-6-15/h2-10,14H,11-13H2,1H3,(H,19,21)/t14-/m1/s1. The number of carbonyl (C=O) groups excluding carboxylic acids is 1. The third-order valence-electron chi connectivity index (χ3n) is 3.87. The minimum absolute atomic E-state index is 0.116. The number of non-ortho nitro benzene ring substituents is 1. The number of nitro benzene ring substituents is 1. The lowest BCUT2D eigenvalue weighted by molar-refractivity contribution is -0.384. The number of rotatable bonds is 9. The molecule has 0 aliphatic rings. The molecule has 2 aromatic rings. The van der Waals surface area contributed by atoms with Crippen LogP contribution in [0.25, 0.3) is 0 Å². The first-order chi connectivity index (χ1) is 12.8. The summed E-state index contributed by atoms with van der Waals surface area (Å²) in [7, 11) is -3.91. The minimum Gasteiger partial charge on any atom is -0.354 e. The minimum atomic E-state index is -3.91. The fraction of sp³-hybridized carbons (Fsp3) is 0.278. The van der Waals surface area contributed by atoms with Crippen molar-refractivity contribution in [2.75, 3.05) is 12.3 Å². The number of nitrogens with one attached hydrogen (secondary N) is 1. The van der Waals surface area contributed by atoms with Crippen LogP contribution in [-0.2, 0) is 20.4 Å². The highest BCUT2D eigenvalue weighted by atomic mass is 32.2. The quantitative estimate of drug-likeness (QED) is 0.388. The molecule has 0 aliphatic carbocycles. The first kappa shape index (κ1) is 20.9. The van der Waals surface area contributed by atoms with Crippen molar-refractivity contribution in [1.29, 1.82) is 0 Å². The summed E-state index contributed by atoms with van der Waals surface area (Å²) in [5, 5.41) is 12.0. The Labute approximate surface area is 162 Å². The van der Waals surface area contributed by atoms with E-state index < -0.39 is 25.9 Å². The summed E-state index contributed by atoms with van der Waals surface area (Å²) in [6, 6.07) is 14.4. The zero-order valence-corrected chi connectivity index (χ0v) is 16.3. The van der Waals surface area contributed by atoms with Gasteiger partial charge in [-0.1, -0.05) is 30.3 Å². The van der Waals surface area contributed by atoms with E-state index in [1.807, 2.05) is 30.3 Å². The molecule has 0 saturated heterocycles. The van der Waals surface area contributed by atoms with Crippen LogP contribution in [0.15, 0.2) is 59.5 Å². The van der Waals surface area contributed by atoms with Gasteiger partial charge in [0.2, 0.25) is 5.91 Å². The molecule has 27 heavy (non-hydrogen) atoms. The van der Waals surface area contributed by atoms with E-state index >= 15 is 0 Å². The Hall–Kier alpha value is -2.39. The van der Waals surface area contributed by atoms with E-state index in [0.717, 1.165) is 30.0 Å². The number of nitrogens with zero attached hydrogens (tertiary/aromatic N) is 1. The maximum absolute atomic E-state index is 12.5. The molecule has 2 aromatic carbocycles. The second kappa shape index (κ2) is 9.52. The average molecular weight is 409 g/mol. The van der Waals surface area contributed by atoms with Crippen LogP contribution >= 0.6 is 11.8 Å². The molecular weight excluding hydrogens is 388 g/mol. The summed E-state index contributed by atoms with van der Waals surface area (Å²) in [6.07, 6.45) is 0. The number of benzene rings is 2. The summed E-state index contributed by atoms with van der Waals surface area (Å²) >= 11 is 1.64. The van der Waals surface area contributed by atoms with Gasteiger partial charge >= 0.3 is 0 Å². The van der Waals surface area contributed by atoms with Gasteiger partial charge in [0, 0.05) is 30.2 Å². The maximum Gasteiger partial charge on any atom is 0.269 e. The van der Waals surface area contributed by atoms with Crippen molar-refractivity contribution in [2.24, 2.45) is 0 Å². The normalized spacial score (nSPS) is 12.3. The SMILES string of the molecule is C[C@H](C(=O)NCCSCc1ccccc1)S(=O)(=O)c1ccc([N+](=O)[O-])cc1. The van der Waals surface area contributed by atoms with Gasteiger partial charge in [0.1, 0.15) is 5.25 Å². The van der Waals surface area contributed by atoms with E-state index in [9.17, 15) is 23.3 Å². The van der Waals surface area contributed by atoms with Gasteiger partial charge in [-0.05, 0) is 24.6 Å². The second-order valence-electron chi connectivity index (χ2n) is 5.77. The molecule has 1 amide bonds. The van der Waals surface area contributed by atoms with E-state index in [1.54, 1.807) is 11.8 Å². The van der Waals surface area contributed by atoms with Crippen LogP contribution in [0.4, 0.5) is 5.69 Å². The number of hydrogen-bond acceptors (Lipinski definition) is 6. The van der Waals surface area contributed by atoms with Crippen molar-refractivity contribution in [3.8, 4) is 0 Å². The molecule has 144 valence electrons. The van der Waals surface area contributed by atoms with Crippen LogP contribution in [0, 0.1) is 10.1 Å². The molecule has 0 aromatic heterocycles. The molecule has 1 atom stereocenters. The summed E-state index contributed by atoms with van der Waals surface area (Å²) in [4.78, 5) is 22.1. The van der Waals surface area contributed by atoms with Crippen LogP contribution < -0.4 is 5.32 Å². The summed E-state index contributed by atoms with van der Waals surface area (Å²) < 4.78 is 25.0. The van der Waals surface area contributed by atoms with Gasteiger partial charge in [-0.3, -0.25) is 14.9 Å². The van der Waals surface area contributed by atoms with Crippen molar-refractivity contribution in [2.45, 2.75) is 22.8 Å². The van der Waals surface area contributed by atoms with Crippen LogP contribution in [0.5, 0.6) is 0 Å². The summed E-state index contributed by atoms with van der Waals surface area (Å²) in [6.45, 7) is 1.67. The lowest BCUT2D eigenvalue weighted by Gasteiger charge is -2.13. The zero-order chi connectivity index (χ0) is 19.9. The Balaban J connectivity index is 1.85. The highest BCUT2D eigenvalue weighted by Gasteiger charge is 2.29. The molecule has 9 heteroatoms. The van der Waals surface area contributed by atoms with Gasteiger partial charge in [-0.2, -0.15) is 11.8 Å². The number of sulfone groups is 1. The molecular formula is C18H20N2O5S2. The van der Waals surface area contributed by atoms with Crippen molar-refractivity contribution < 1.29 is 18.1 Å². The van der Waals surface area contributed by atoms with Crippen LogP contribution in [0.2, 0.25) is 0 Å². The molecule has 0 heterocycles. The van der Waals surface area contributed by atoms with Crippen LogP contribution in [0.3, 0.4) is 0 Å². The lowest BCUT2D eigenvalue weighted by atomic mass is 10.2. The van der Waals surface area contributed by atoms with Gasteiger partial charge in [0.15, 0.2) is 9.84 Å². The molecule has 0 bridgehead atoms. The van der Waals surface area contributed by atoms with Crippen molar-refractivity contribution in [1.82, 2.24) is 5.32 Å². The Morgan fingerprint density at radius 2 is 1.78 bits per heavy atom. The monoisotopic (exact) mass is 408 g/mol. The Kier molecular flexibility index (Phi) is 7.37. The molecule has 1 N–H and O–H groups in total. The molecule has 0 radical (unpaired) electrons. The number of carbonyl (C=O) groups is 1. The summed E-state index contributed by atoms with van der Waals surface area (Å²) in [5.74, 6) is 0.881. The largest absolute Gasteiger partial charge is 0.354 e. The van der Waals surface area contributed by atoms with Gasteiger partial charge in [0.25, 0.3) is 5.69 Å². The lowest BCUT2D eigenvalue weighted by Crippen LogP contribution is -2.38. The first-order valence-electron chi connectivity index (χ1n) is 8.20. The third-order valence-corrected chi connectivity index (χ3v) is 6.97. The first-order valence-corrected chi connectivity index (χ1v) is 10.9. The Bertz CT molecular complexity index is 884. The van der Waals surface area contributed by atoms with E-state index in [2.05, 4.69) is 5.32 Å². The molecule has 0 spiro atoms. The van der Waals surface area contributed by atoms with Gasteiger partial charge in [-0.25, -0.2) is 8.42 Å². The predicted molar refractivity (Wildman–Crippen MR) is 105 cm³/mol. The predicted octanol–water partition coefficient (Wildman–Crippen LogP) is 2.81. The molecule has 0 fully saturated rings. The van der Waals surface area contributed by atoms with Crippen molar-refractivity contribution >= 4 is 33.2 Å². The Morgan fingerprint density at radius 1 is 1.15 bits per heavy atom. The van der Waals surface area contributed by atoms with Crippen molar-refractivity contribution in [3.63, 3.8) is 0 Å². The van der Waals surface area contributed by atoms with Crippen LogP contribution in [-0.4, -0.2) is 36.8 Å².